The maximum absolute atomic E-state index is 13.9. The molecule has 0 aromatic carbocycles. The molecule has 0 spiro atoms. The van der Waals surface area contributed by atoms with Gasteiger partial charge in [-0.05, 0) is 125 Å². The number of rotatable bonds is 28. The standard InChI is InChI=1S/C52H94N10O13/c1-26(2)23-33(55-38(63)31(11)53-44(69)37(30(9)10)59-46(71)51(18,19)61-42(67)35(25-28(5)6)57-48(73)75-49(13,14)15)40(65)60-50(16,17)45(70)58-36(29(7)8)43(68)54-32(12)39(64)56-34(24-27(3)4)41(66)62-52(20,21)47(72)74-22/h26-37H,23-25H2,1-22H3,(H,53,69)(H,54,68)(H,55,63)(H,56,64)(H,57,73)(H,58,70)(H,59,71)(H,60,65)(H,61,67)(H,62,66)/t31-,32+,33-,34+,35-,36-,37-/m0/s1. The van der Waals surface area contributed by atoms with Crippen LogP contribution in [0, 0.1) is 29.6 Å². The van der Waals surface area contributed by atoms with Crippen molar-refractivity contribution in [1.82, 2.24) is 53.2 Å². The molecule has 0 aromatic rings. The number of carbonyl (C=O) groups is 11. The number of hydrogen-bond acceptors (Lipinski definition) is 13. The lowest BCUT2D eigenvalue weighted by Crippen LogP contribution is -2.64. The highest BCUT2D eigenvalue weighted by Gasteiger charge is 2.40. The normalized spacial score (nSPS) is 15.0. The summed E-state index contributed by atoms with van der Waals surface area (Å²) in [5.74, 6) is -8.34. The van der Waals surface area contributed by atoms with Gasteiger partial charge < -0.3 is 62.6 Å². The Morgan fingerprint density at radius 2 is 0.667 bits per heavy atom. The third-order valence-corrected chi connectivity index (χ3v) is 11.5. The largest absolute Gasteiger partial charge is 0.467 e. The van der Waals surface area contributed by atoms with Gasteiger partial charge in [0.15, 0.2) is 0 Å². The zero-order valence-electron chi connectivity index (χ0n) is 48.9. The van der Waals surface area contributed by atoms with Crippen molar-refractivity contribution in [3.05, 3.63) is 0 Å². The molecule has 0 saturated heterocycles. The van der Waals surface area contributed by atoms with Gasteiger partial charge in [0.25, 0.3) is 0 Å². The second kappa shape index (κ2) is 29.3. The van der Waals surface area contributed by atoms with Crippen LogP contribution in [0.15, 0.2) is 0 Å². The molecule has 0 aliphatic carbocycles. The number of carbonyl (C=O) groups excluding carboxylic acids is 11. The molecule has 0 bridgehead atoms. The average Bonchev–Trinajstić information content (AvgIpc) is 3.23. The predicted molar refractivity (Wildman–Crippen MR) is 283 cm³/mol. The van der Waals surface area contributed by atoms with Crippen LogP contribution in [0.3, 0.4) is 0 Å². The Bertz CT molecular complexity index is 2030. The fourth-order valence-corrected chi connectivity index (χ4v) is 7.21. The summed E-state index contributed by atoms with van der Waals surface area (Å²) in [6, 6.07) is -8.10. The first kappa shape index (κ1) is 69.0. The summed E-state index contributed by atoms with van der Waals surface area (Å²) in [5, 5.41) is 26.3. The SMILES string of the molecule is COC(=O)C(C)(C)NC(=O)[C@@H](CC(C)C)NC(=O)[C@@H](C)NC(=O)[C@@H](NC(=O)C(C)(C)NC(=O)[C@H](CC(C)C)NC(=O)[C@H](C)NC(=O)[C@@H](NC(=O)C(C)(C)NC(=O)[C@H](CC(C)C)NC(=O)OC(C)(C)C)C(C)C)C(C)C. The fraction of sp³-hybridized carbons (Fsp3) is 0.788. The number of amides is 10. The smallest absolute Gasteiger partial charge is 0.408 e. The van der Waals surface area contributed by atoms with Gasteiger partial charge in [-0.15, -0.1) is 0 Å². The van der Waals surface area contributed by atoms with E-state index in [1.165, 1.54) is 62.5 Å². The van der Waals surface area contributed by atoms with Crippen molar-refractivity contribution in [3.8, 4) is 0 Å². The van der Waals surface area contributed by atoms with Gasteiger partial charge in [0.2, 0.25) is 53.2 Å². The minimum atomic E-state index is -1.66. The summed E-state index contributed by atoms with van der Waals surface area (Å²) in [6.45, 7) is 34.2. The zero-order chi connectivity index (χ0) is 58.9. The average molecular weight is 1070 g/mol. The molecule has 10 N–H and O–H groups in total. The minimum Gasteiger partial charge on any atom is -0.467 e. The Kier molecular flexibility index (Phi) is 27.0. The molecule has 0 aromatic heterocycles. The summed E-state index contributed by atoms with van der Waals surface area (Å²) >= 11 is 0. The number of alkyl carbamates (subject to hydrolysis) is 1. The van der Waals surface area contributed by atoms with Gasteiger partial charge in [0.1, 0.15) is 64.5 Å². The summed E-state index contributed by atoms with van der Waals surface area (Å²) in [5.41, 5.74) is -5.45. The van der Waals surface area contributed by atoms with Crippen LogP contribution in [0.1, 0.15) is 165 Å². The highest BCUT2D eigenvalue weighted by Crippen LogP contribution is 2.16. The third kappa shape index (κ3) is 24.5. The summed E-state index contributed by atoms with van der Waals surface area (Å²) < 4.78 is 10.1. The Labute approximate surface area is 445 Å². The Morgan fingerprint density at radius 3 is 0.933 bits per heavy atom. The first-order chi connectivity index (χ1) is 34.0. The first-order valence-electron chi connectivity index (χ1n) is 25.9. The monoisotopic (exact) mass is 1070 g/mol. The van der Waals surface area contributed by atoms with Gasteiger partial charge >= 0.3 is 12.1 Å². The molecule has 0 aliphatic heterocycles. The molecule has 0 radical (unpaired) electrons. The van der Waals surface area contributed by atoms with Gasteiger partial charge in [-0.25, -0.2) is 9.59 Å². The van der Waals surface area contributed by atoms with Crippen molar-refractivity contribution >= 4 is 65.2 Å². The second-order valence-electron chi connectivity index (χ2n) is 23.9. The van der Waals surface area contributed by atoms with Crippen LogP contribution in [0.25, 0.3) is 0 Å². The maximum Gasteiger partial charge on any atom is 0.408 e. The van der Waals surface area contributed by atoms with Crippen LogP contribution in [0.4, 0.5) is 4.79 Å². The second-order valence-corrected chi connectivity index (χ2v) is 23.9. The molecule has 75 heavy (non-hydrogen) atoms. The van der Waals surface area contributed by atoms with Crippen LogP contribution in [-0.4, -0.2) is 137 Å². The Balaban J connectivity index is 6.03. The van der Waals surface area contributed by atoms with E-state index in [0.717, 1.165) is 0 Å². The van der Waals surface area contributed by atoms with Gasteiger partial charge in [-0.2, -0.15) is 0 Å². The van der Waals surface area contributed by atoms with Crippen LogP contribution >= 0.6 is 0 Å². The van der Waals surface area contributed by atoms with Gasteiger partial charge in [-0.1, -0.05) is 69.2 Å². The molecule has 23 heteroatoms. The lowest BCUT2D eigenvalue weighted by atomic mass is 9.97. The molecule has 0 aliphatic rings. The van der Waals surface area contributed by atoms with E-state index in [4.69, 9.17) is 9.47 Å². The predicted octanol–water partition coefficient (Wildman–Crippen LogP) is 2.14. The number of ether oxygens (including phenoxy) is 2. The highest BCUT2D eigenvalue weighted by atomic mass is 16.6. The van der Waals surface area contributed by atoms with Crippen molar-refractivity contribution in [1.29, 1.82) is 0 Å². The van der Waals surface area contributed by atoms with Crippen molar-refractivity contribution in [3.63, 3.8) is 0 Å². The molecule has 0 rings (SSSR count). The molecule has 7 atom stereocenters. The van der Waals surface area contributed by atoms with Crippen LogP contribution in [-0.2, 0) is 57.4 Å². The van der Waals surface area contributed by atoms with E-state index in [2.05, 4.69) is 53.2 Å². The minimum absolute atomic E-state index is 0.0184. The van der Waals surface area contributed by atoms with Gasteiger partial charge in [-0.3, -0.25) is 43.2 Å². The number of nitrogens with one attached hydrogen (secondary N) is 10. The molecular weight excluding hydrogens is 973 g/mol. The first-order valence-corrected chi connectivity index (χ1v) is 25.9. The van der Waals surface area contributed by atoms with Crippen molar-refractivity contribution < 1.29 is 62.2 Å². The van der Waals surface area contributed by atoms with E-state index < -0.39 is 142 Å². The van der Waals surface area contributed by atoms with Crippen molar-refractivity contribution in [2.24, 2.45) is 29.6 Å². The zero-order valence-corrected chi connectivity index (χ0v) is 48.9. The molecule has 10 amide bonds. The highest BCUT2D eigenvalue weighted by molar-refractivity contribution is 6.00. The summed E-state index contributed by atoms with van der Waals surface area (Å²) in [4.78, 5) is 147. The van der Waals surface area contributed by atoms with Crippen molar-refractivity contribution in [2.45, 2.75) is 229 Å². The van der Waals surface area contributed by atoms with Crippen molar-refractivity contribution in [2.75, 3.05) is 7.11 Å². The van der Waals surface area contributed by atoms with E-state index in [1.807, 2.05) is 41.5 Å². The number of hydrogen-bond donors (Lipinski definition) is 10. The molecule has 0 saturated carbocycles. The third-order valence-electron chi connectivity index (χ3n) is 11.5. The van der Waals surface area contributed by atoms with Crippen LogP contribution in [0.5, 0.6) is 0 Å². The molecule has 0 unspecified atom stereocenters. The number of methoxy groups -OCH3 is 1. The van der Waals surface area contributed by atoms with Gasteiger partial charge in [0.05, 0.1) is 7.11 Å². The van der Waals surface area contributed by atoms with Crippen LogP contribution < -0.4 is 53.2 Å². The van der Waals surface area contributed by atoms with E-state index in [9.17, 15) is 52.7 Å². The fourth-order valence-electron chi connectivity index (χ4n) is 7.21. The van der Waals surface area contributed by atoms with E-state index in [1.54, 1.807) is 48.5 Å². The lowest BCUT2D eigenvalue weighted by Gasteiger charge is -2.32. The molecule has 23 nitrogen and oxygen atoms in total. The molecule has 430 valence electrons. The molecule has 0 heterocycles. The molecule has 0 fully saturated rings. The Hall–Kier alpha value is -6.03. The maximum atomic E-state index is 13.9. The van der Waals surface area contributed by atoms with E-state index in [-0.39, 0.29) is 37.0 Å². The molecular formula is C52H94N10O13. The topological polar surface area (TPSA) is 327 Å². The van der Waals surface area contributed by atoms with E-state index >= 15 is 0 Å². The summed E-state index contributed by atoms with van der Waals surface area (Å²) in [6.07, 6.45) is -0.237. The lowest BCUT2D eigenvalue weighted by molar-refractivity contribution is -0.149. The van der Waals surface area contributed by atoms with E-state index in [0.29, 0.717) is 0 Å². The van der Waals surface area contributed by atoms with Gasteiger partial charge in [0, 0.05) is 0 Å². The van der Waals surface area contributed by atoms with Crippen LogP contribution in [0.2, 0.25) is 0 Å². The Morgan fingerprint density at radius 1 is 0.373 bits per heavy atom. The summed E-state index contributed by atoms with van der Waals surface area (Å²) in [7, 11) is 1.18. The quantitative estimate of drug-likeness (QED) is 0.0503. The number of esters is 1.